The van der Waals surface area contributed by atoms with Crippen molar-refractivity contribution in [3.63, 3.8) is 0 Å². The Hall–Kier alpha value is -2.04. The minimum Gasteiger partial charge on any atom is -0.497 e. The van der Waals surface area contributed by atoms with Gasteiger partial charge in [0.05, 0.1) is 18.6 Å². The van der Waals surface area contributed by atoms with E-state index < -0.39 is 17.4 Å². The molecule has 25 heavy (non-hydrogen) atoms. The number of carboxylic acid groups (broad SMARTS) is 1. The summed E-state index contributed by atoms with van der Waals surface area (Å²) in [4.78, 5) is 24.2. The molecule has 0 bridgehead atoms. The maximum absolute atomic E-state index is 12.6. The quantitative estimate of drug-likeness (QED) is 0.788. The Morgan fingerprint density at radius 3 is 2.56 bits per heavy atom. The Bertz CT molecular complexity index is 598. The van der Waals surface area contributed by atoms with Crippen LogP contribution in [0.2, 0.25) is 0 Å². The third-order valence-electron chi connectivity index (χ3n) is 5.44. The molecule has 0 radical (unpaired) electrons. The highest BCUT2D eigenvalue weighted by molar-refractivity contribution is 5.80. The number of nitrogens with one attached hydrogen (secondary N) is 1. The van der Waals surface area contributed by atoms with Gasteiger partial charge in [0.25, 0.3) is 0 Å². The van der Waals surface area contributed by atoms with Gasteiger partial charge >= 0.3 is 5.97 Å². The average molecular weight is 347 g/mol. The van der Waals surface area contributed by atoms with E-state index in [-0.39, 0.29) is 11.8 Å². The lowest BCUT2D eigenvalue weighted by Gasteiger charge is -2.40. The Balaban J connectivity index is 2.04. The highest BCUT2D eigenvalue weighted by Gasteiger charge is 2.42. The first-order chi connectivity index (χ1) is 11.9. The van der Waals surface area contributed by atoms with Crippen molar-refractivity contribution >= 4 is 11.9 Å². The van der Waals surface area contributed by atoms with E-state index in [1.807, 2.05) is 31.2 Å². The van der Waals surface area contributed by atoms with Crippen molar-refractivity contribution in [3.05, 3.63) is 29.8 Å². The lowest BCUT2D eigenvalue weighted by atomic mass is 9.73. The van der Waals surface area contributed by atoms with E-state index in [9.17, 15) is 14.7 Å². The second-order valence-corrected chi connectivity index (χ2v) is 7.18. The molecule has 0 heterocycles. The van der Waals surface area contributed by atoms with Crippen LogP contribution in [0.5, 0.6) is 5.75 Å². The summed E-state index contributed by atoms with van der Waals surface area (Å²) >= 11 is 0. The topological polar surface area (TPSA) is 75.6 Å². The van der Waals surface area contributed by atoms with E-state index in [1.54, 1.807) is 7.11 Å². The van der Waals surface area contributed by atoms with Crippen molar-refractivity contribution in [2.75, 3.05) is 7.11 Å². The third kappa shape index (κ3) is 4.74. The van der Waals surface area contributed by atoms with Crippen LogP contribution in [0, 0.1) is 5.92 Å². The second-order valence-electron chi connectivity index (χ2n) is 7.18. The van der Waals surface area contributed by atoms with Crippen molar-refractivity contribution in [1.29, 1.82) is 0 Å². The number of methoxy groups -OCH3 is 1. The minimum atomic E-state index is -0.815. The number of carbonyl (C=O) groups is 2. The van der Waals surface area contributed by atoms with E-state index >= 15 is 0 Å². The van der Waals surface area contributed by atoms with Gasteiger partial charge < -0.3 is 15.2 Å². The normalized spacial score (nSPS) is 24.4. The van der Waals surface area contributed by atoms with Crippen LogP contribution in [0.1, 0.15) is 63.9 Å². The van der Waals surface area contributed by atoms with E-state index in [0.717, 1.165) is 37.0 Å². The fraction of sp³-hybridized carbons (Fsp3) is 0.600. The second kappa shape index (κ2) is 8.37. The number of aliphatic carboxylic acids is 1. The molecule has 1 amide bonds. The number of rotatable bonds is 7. The fourth-order valence-electron chi connectivity index (χ4n) is 3.85. The van der Waals surface area contributed by atoms with Crippen molar-refractivity contribution in [1.82, 2.24) is 5.32 Å². The fourth-order valence-corrected chi connectivity index (χ4v) is 3.85. The molecule has 5 heteroatoms. The van der Waals surface area contributed by atoms with Gasteiger partial charge in [-0.2, -0.15) is 0 Å². The van der Waals surface area contributed by atoms with E-state index in [2.05, 4.69) is 12.2 Å². The highest BCUT2D eigenvalue weighted by atomic mass is 16.5. The summed E-state index contributed by atoms with van der Waals surface area (Å²) in [6.45, 7) is 3.93. The number of hydrogen-bond acceptors (Lipinski definition) is 3. The zero-order chi connectivity index (χ0) is 18.4. The molecule has 0 spiro atoms. The van der Waals surface area contributed by atoms with Crippen molar-refractivity contribution in [3.8, 4) is 5.75 Å². The van der Waals surface area contributed by atoms with E-state index in [4.69, 9.17) is 4.74 Å². The summed E-state index contributed by atoms with van der Waals surface area (Å²) in [5, 5.41) is 12.5. The highest BCUT2D eigenvalue weighted by Crippen LogP contribution is 2.34. The molecule has 2 rings (SSSR count). The molecule has 0 aliphatic heterocycles. The Morgan fingerprint density at radius 1 is 1.32 bits per heavy atom. The molecule has 0 saturated heterocycles. The van der Waals surface area contributed by atoms with Gasteiger partial charge in [-0.1, -0.05) is 31.9 Å². The molecule has 3 unspecified atom stereocenters. The van der Waals surface area contributed by atoms with E-state index in [1.165, 1.54) is 0 Å². The van der Waals surface area contributed by atoms with Gasteiger partial charge in [0, 0.05) is 6.42 Å². The first-order valence-corrected chi connectivity index (χ1v) is 9.07. The summed E-state index contributed by atoms with van der Waals surface area (Å²) < 4.78 is 5.18. The molecule has 1 saturated carbocycles. The number of benzene rings is 1. The van der Waals surface area contributed by atoms with Crippen molar-refractivity contribution in [2.24, 2.45) is 5.92 Å². The molecule has 5 nitrogen and oxygen atoms in total. The van der Waals surface area contributed by atoms with Gasteiger partial charge in [-0.3, -0.25) is 9.59 Å². The summed E-state index contributed by atoms with van der Waals surface area (Å²) in [7, 11) is 1.63. The molecule has 1 aromatic carbocycles. The van der Waals surface area contributed by atoms with Crippen LogP contribution in [-0.4, -0.2) is 29.6 Å². The largest absolute Gasteiger partial charge is 0.497 e. The van der Waals surface area contributed by atoms with Gasteiger partial charge in [0.1, 0.15) is 5.75 Å². The Kier molecular flexibility index (Phi) is 6.45. The predicted octanol–water partition coefficient (Wildman–Crippen LogP) is 3.73. The molecule has 2 N–H and O–H groups in total. The van der Waals surface area contributed by atoms with Crippen LogP contribution in [-0.2, 0) is 9.59 Å². The number of hydrogen-bond donors (Lipinski definition) is 2. The van der Waals surface area contributed by atoms with Gasteiger partial charge in [-0.25, -0.2) is 0 Å². The standard InChI is InChI=1S/C20H29NO4/c1-4-14(15-8-10-16(25-3)11-9-15)13-18(22)21-20(2)12-6-5-7-17(20)19(23)24/h8-11,14,17H,4-7,12-13H2,1-3H3,(H,21,22)(H,23,24). The lowest BCUT2D eigenvalue weighted by molar-refractivity contribution is -0.146. The maximum Gasteiger partial charge on any atom is 0.308 e. The van der Waals surface area contributed by atoms with Crippen LogP contribution < -0.4 is 10.1 Å². The van der Waals surface area contributed by atoms with Crippen LogP contribution in [0.4, 0.5) is 0 Å². The maximum atomic E-state index is 12.6. The zero-order valence-electron chi connectivity index (χ0n) is 15.4. The first kappa shape index (κ1) is 19.3. The van der Waals surface area contributed by atoms with Gasteiger partial charge in [-0.15, -0.1) is 0 Å². The Morgan fingerprint density at radius 2 is 2.00 bits per heavy atom. The van der Waals surface area contributed by atoms with Crippen LogP contribution in [0.25, 0.3) is 0 Å². The van der Waals surface area contributed by atoms with Gasteiger partial charge in [0.2, 0.25) is 5.91 Å². The van der Waals surface area contributed by atoms with E-state index in [0.29, 0.717) is 12.8 Å². The van der Waals surface area contributed by atoms with Gasteiger partial charge in [-0.05, 0) is 49.8 Å². The molecule has 138 valence electrons. The monoisotopic (exact) mass is 347 g/mol. The molecule has 0 aromatic heterocycles. The molecule has 1 aromatic rings. The van der Waals surface area contributed by atoms with Gasteiger partial charge in [0.15, 0.2) is 0 Å². The number of carbonyl (C=O) groups excluding carboxylic acids is 1. The summed E-state index contributed by atoms with van der Waals surface area (Å²) in [5.74, 6) is -0.488. The molecule has 1 fully saturated rings. The lowest BCUT2D eigenvalue weighted by Crippen LogP contribution is -2.55. The van der Waals surface area contributed by atoms with Crippen LogP contribution in [0.3, 0.4) is 0 Å². The average Bonchev–Trinajstić information content (AvgIpc) is 2.59. The van der Waals surface area contributed by atoms with Crippen LogP contribution in [0.15, 0.2) is 24.3 Å². The third-order valence-corrected chi connectivity index (χ3v) is 5.44. The van der Waals surface area contributed by atoms with Crippen molar-refractivity contribution in [2.45, 2.75) is 63.8 Å². The first-order valence-electron chi connectivity index (χ1n) is 9.07. The number of ether oxygens (including phenoxy) is 1. The smallest absolute Gasteiger partial charge is 0.308 e. The summed E-state index contributed by atoms with van der Waals surface area (Å²) in [5.41, 5.74) is 0.446. The predicted molar refractivity (Wildman–Crippen MR) is 96.8 cm³/mol. The molecule has 1 aliphatic rings. The summed E-state index contributed by atoms with van der Waals surface area (Å²) in [6.07, 6.45) is 4.42. The molecular formula is C20H29NO4. The zero-order valence-corrected chi connectivity index (χ0v) is 15.4. The molecule has 1 aliphatic carbocycles. The Labute approximate surface area is 149 Å². The molecular weight excluding hydrogens is 318 g/mol. The summed E-state index contributed by atoms with van der Waals surface area (Å²) in [6, 6.07) is 7.78. The molecule has 3 atom stereocenters. The number of amides is 1. The minimum absolute atomic E-state index is 0.0710. The van der Waals surface area contributed by atoms with Crippen LogP contribution >= 0.6 is 0 Å². The number of carboxylic acids is 1. The SMILES string of the molecule is CCC(CC(=O)NC1(C)CCCCC1C(=O)O)c1ccc(OC)cc1. The van der Waals surface area contributed by atoms with Crippen molar-refractivity contribution < 1.29 is 19.4 Å².